The third kappa shape index (κ3) is 3.49. The molecule has 0 aromatic heterocycles. The summed E-state index contributed by atoms with van der Waals surface area (Å²) in [5.74, 6) is 0.560. The Kier molecular flexibility index (Phi) is 4.73. The lowest BCUT2D eigenvalue weighted by molar-refractivity contribution is 0.356. The van der Waals surface area contributed by atoms with E-state index in [1.54, 1.807) is 0 Å². The lowest BCUT2D eigenvalue weighted by Gasteiger charge is -2.50. The fourth-order valence-corrected chi connectivity index (χ4v) is 4.39. The first kappa shape index (κ1) is 17.7. The van der Waals surface area contributed by atoms with E-state index in [9.17, 15) is 0 Å². The molecular formula is C23H30N2. The molecule has 1 aliphatic heterocycles. The van der Waals surface area contributed by atoms with Crippen LogP contribution in [-0.4, -0.2) is 17.8 Å². The van der Waals surface area contributed by atoms with Crippen molar-refractivity contribution < 1.29 is 0 Å². The van der Waals surface area contributed by atoms with E-state index in [4.69, 9.17) is 0 Å². The number of para-hydroxylation sites is 1. The summed E-state index contributed by atoms with van der Waals surface area (Å²) in [6, 6.07) is 15.3. The third-order valence-corrected chi connectivity index (χ3v) is 5.29. The SMILES string of the molecule is Cc1cc2c(cc1C=Nc1ccccc1)[C@H](C)CC(C)(C)N2C(C)C. The number of fused-ring (bicyclic) bond motifs is 1. The normalized spacial score (nSPS) is 19.5. The summed E-state index contributed by atoms with van der Waals surface area (Å²) < 4.78 is 0. The van der Waals surface area contributed by atoms with Crippen LogP contribution in [0.3, 0.4) is 0 Å². The number of aliphatic imine (C=N–C) groups is 1. The van der Waals surface area contributed by atoms with Gasteiger partial charge in [0.05, 0.1) is 5.69 Å². The standard InChI is InChI=1S/C23H30N2/c1-16(2)25-22-12-17(3)19(15-24-20-10-8-7-9-11-20)13-21(22)18(4)14-23(25,5)6/h7-13,15-16,18H,14H2,1-6H3/t18-/m1/s1. The zero-order valence-electron chi connectivity index (χ0n) is 16.4. The fraction of sp³-hybridized carbons (Fsp3) is 0.435. The first-order valence-electron chi connectivity index (χ1n) is 9.32. The van der Waals surface area contributed by atoms with Gasteiger partial charge < -0.3 is 4.90 Å². The predicted molar refractivity (Wildman–Crippen MR) is 110 cm³/mol. The lowest BCUT2D eigenvalue weighted by atomic mass is 9.78. The molecule has 2 aromatic rings. The highest BCUT2D eigenvalue weighted by atomic mass is 15.2. The van der Waals surface area contributed by atoms with Crippen LogP contribution in [0.4, 0.5) is 11.4 Å². The molecule has 132 valence electrons. The molecule has 0 aliphatic carbocycles. The highest BCUT2D eigenvalue weighted by molar-refractivity contribution is 5.86. The van der Waals surface area contributed by atoms with Gasteiger partial charge in [-0.15, -0.1) is 0 Å². The van der Waals surface area contributed by atoms with Crippen LogP contribution in [0.15, 0.2) is 47.5 Å². The fourth-order valence-electron chi connectivity index (χ4n) is 4.39. The minimum atomic E-state index is 0.187. The third-order valence-electron chi connectivity index (χ3n) is 5.29. The summed E-state index contributed by atoms with van der Waals surface area (Å²) in [5, 5.41) is 0. The second-order valence-corrected chi connectivity index (χ2v) is 8.24. The van der Waals surface area contributed by atoms with Crippen molar-refractivity contribution in [2.45, 2.75) is 65.5 Å². The van der Waals surface area contributed by atoms with Crippen LogP contribution in [-0.2, 0) is 0 Å². The molecule has 0 unspecified atom stereocenters. The second kappa shape index (κ2) is 6.67. The second-order valence-electron chi connectivity index (χ2n) is 8.24. The van der Waals surface area contributed by atoms with Gasteiger partial charge in [0.25, 0.3) is 0 Å². The van der Waals surface area contributed by atoms with Crippen molar-refractivity contribution >= 4 is 17.6 Å². The molecule has 2 aromatic carbocycles. The number of nitrogens with zero attached hydrogens (tertiary/aromatic N) is 2. The van der Waals surface area contributed by atoms with Crippen LogP contribution >= 0.6 is 0 Å². The van der Waals surface area contributed by atoms with Gasteiger partial charge in [-0.05, 0) is 87.9 Å². The molecule has 1 atom stereocenters. The van der Waals surface area contributed by atoms with E-state index in [-0.39, 0.29) is 5.54 Å². The van der Waals surface area contributed by atoms with E-state index in [1.807, 2.05) is 36.5 Å². The lowest BCUT2D eigenvalue weighted by Crippen LogP contribution is -2.51. The average molecular weight is 335 g/mol. The molecule has 0 saturated carbocycles. The Morgan fingerprint density at radius 1 is 1.16 bits per heavy atom. The number of benzene rings is 2. The van der Waals surface area contributed by atoms with Gasteiger partial charge in [0.15, 0.2) is 0 Å². The van der Waals surface area contributed by atoms with Crippen molar-refractivity contribution in [2.24, 2.45) is 4.99 Å². The molecule has 2 nitrogen and oxygen atoms in total. The smallest absolute Gasteiger partial charge is 0.0629 e. The molecular weight excluding hydrogens is 304 g/mol. The van der Waals surface area contributed by atoms with Crippen LogP contribution in [0.1, 0.15) is 63.6 Å². The molecule has 0 N–H and O–H groups in total. The molecule has 2 heteroatoms. The van der Waals surface area contributed by atoms with Gasteiger partial charge >= 0.3 is 0 Å². The Morgan fingerprint density at radius 2 is 1.84 bits per heavy atom. The van der Waals surface area contributed by atoms with E-state index >= 15 is 0 Å². The number of hydrogen-bond acceptors (Lipinski definition) is 2. The molecule has 0 bridgehead atoms. The highest BCUT2D eigenvalue weighted by Crippen LogP contribution is 2.45. The van der Waals surface area contributed by atoms with Crippen molar-refractivity contribution in [3.63, 3.8) is 0 Å². The van der Waals surface area contributed by atoms with Crippen LogP contribution < -0.4 is 4.90 Å². The minimum Gasteiger partial charge on any atom is -0.364 e. The zero-order chi connectivity index (χ0) is 18.2. The van der Waals surface area contributed by atoms with Gasteiger partial charge in [0, 0.05) is 23.5 Å². The summed E-state index contributed by atoms with van der Waals surface area (Å²) in [6.45, 7) is 13.9. The number of anilines is 1. The Balaban J connectivity index is 2.04. The molecule has 0 radical (unpaired) electrons. The maximum Gasteiger partial charge on any atom is 0.0629 e. The summed E-state index contributed by atoms with van der Waals surface area (Å²) >= 11 is 0. The van der Waals surface area contributed by atoms with E-state index in [0.29, 0.717) is 12.0 Å². The molecule has 1 heterocycles. The minimum absolute atomic E-state index is 0.187. The molecule has 0 amide bonds. The predicted octanol–water partition coefficient (Wildman–Crippen LogP) is 6.25. The Morgan fingerprint density at radius 3 is 2.48 bits per heavy atom. The van der Waals surface area contributed by atoms with Gasteiger partial charge in [0.1, 0.15) is 0 Å². The topological polar surface area (TPSA) is 15.6 Å². The molecule has 25 heavy (non-hydrogen) atoms. The Hall–Kier alpha value is -2.09. The Bertz CT molecular complexity index is 772. The first-order valence-corrected chi connectivity index (χ1v) is 9.32. The number of hydrogen-bond donors (Lipinski definition) is 0. The summed E-state index contributed by atoms with van der Waals surface area (Å²) in [6.07, 6.45) is 3.19. The van der Waals surface area contributed by atoms with Gasteiger partial charge in [-0.2, -0.15) is 0 Å². The van der Waals surface area contributed by atoms with E-state index < -0.39 is 0 Å². The highest BCUT2D eigenvalue weighted by Gasteiger charge is 2.37. The molecule has 0 spiro atoms. The van der Waals surface area contributed by atoms with Gasteiger partial charge in [0.2, 0.25) is 0 Å². The van der Waals surface area contributed by atoms with Crippen molar-refractivity contribution in [1.82, 2.24) is 0 Å². The molecule has 1 aliphatic rings. The first-order chi connectivity index (χ1) is 11.8. The van der Waals surface area contributed by atoms with E-state index in [1.165, 1.54) is 28.8 Å². The maximum atomic E-state index is 4.66. The van der Waals surface area contributed by atoms with Crippen LogP contribution in [0.2, 0.25) is 0 Å². The van der Waals surface area contributed by atoms with Crippen molar-refractivity contribution in [2.75, 3.05) is 4.90 Å². The monoisotopic (exact) mass is 334 g/mol. The van der Waals surface area contributed by atoms with Crippen LogP contribution in [0.25, 0.3) is 0 Å². The van der Waals surface area contributed by atoms with E-state index in [0.717, 1.165) is 5.69 Å². The van der Waals surface area contributed by atoms with Crippen LogP contribution in [0.5, 0.6) is 0 Å². The zero-order valence-corrected chi connectivity index (χ0v) is 16.4. The molecule has 0 fully saturated rings. The van der Waals surface area contributed by atoms with Crippen LogP contribution in [0, 0.1) is 6.92 Å². The largest absolute Gasteiger partial charge is 0.364 e. The van der Waals surface area contributed by atoms with Gasteiger partial charge in [-0.1, -0.05) is 25.1 Å². The van der Waals surface area contributed by atoms with Crippen molar-refractivity contribution in [3.05, 3.63) is 59.2 Å². The van der Waals surface area contributed by atoms with Crippen molar-refractivity contribution in [3.8, 4) is 0 Å². The average Bonchev–Trinajstić information content (AvgIpc) is 2.53. The quantitative estimate of drug-likeness (QED) is 0.606. The summed E-state index contributed by atoms with van der Waals surface area (Å²) in [7, 11) is 0. The van der Waals surface area contributed by atoms with Gasteiger partial charge in [-0.25, -0.2) is 0 Å². The molecule has 3 rings (SSSR count). The Labute approximate surface area is 152 Å². The summed E-state index contributed by atoms with van der Waals surface area (Å²) in [4.78, 5) is 7.25. The maximum absolute atomic E-state index is 4.66. The number of aryl methyl sites for hydroxylation is 1. The van der Waals surface area contributed by atoms with E-state index in [2.05, 4.69) is 63.6 Å². The van der Waals surface area contributed by atoms with Crippen molar-refractivity contribution in [1.29, 1.82) is 0 Å². The molecule has 0 saturated heterocycles. The number of rotatable bonds is 3. The van der Waals surface area contributed by atoms with Gasteiger partial charge in [-0.3, -0.25) is 4.99 Å². The summed E-state index contributed by atoms with van der Waals surface area (Å²) in [5.41, 5.74) is 6.54.